The molecule has 8 heteroatoms. The molecule has 1 amide bonds. The highest BCUT2D eigenvalue weighted by Crippen LogP contribution is 2.29. The van der Waals surface area contributed by atoms with E-state index in [9.17, 15) is 4.79 Å². The van der Waals surface area contributed by atoms with E-state index in [1.165, 1.54) is 5.57 Å². The van der Waals surface area contributed by atoms with Gasteiger partial charge < -0.3 is 9.73 Å². The summed E-state index contributed by atoms with van der Waals surface area (Å²) in [7, 11) is 1.81. The molecule has 0 aliphatic heterocycles. The number of allylic oxidation sites excluding steroid dienone is 1. The van der Waals surface area contributed by atoms with Crippen molar-refractivity contribution in [2.75, 3.05) is 24.2 Å². The fourth-order valence-electron chi connectivity index (χ4n) is 2.62. The number of carbonyl (C=O) groups excluding carboxylic acids is 1. The van der Waals surface area contributed by atoms with Crippen molar-refractivity contribution < 1.29 is 9.21 Å². The summed E-state index contributed by atoms with van der Waals surface area (Å²) in [4.78, 5) is 20.5. The average molecular weight is 382 g/mol. The first-order valence-corrected chi connectivity index (χ1v) is 9.36. The molecule has 1 fully saturated rings. The largest absolute Gasteiger partial charge is 0.439 e. The van der Waals surface area contributed by atoms with E-state index in [0.29, 0.717) is 5.88 Å². The maximum atomic E-state index is 12.5. The highest BCUT2D eigenvalue weighted by atomic mass is 16.4. The van der Waals surface area contributed by atoms with Crippen LogP contribution in [0.1, 0.15) is 38.0 Å². The van der Waals surface area contributed by atoms with Crippen LogP contribution in [0.5, 0.6) is 0 Å². The summed E-state index contributed by atoms with van der Waals surface area (Å²) < 4.78 is 5.90. The fourth-order valence-corrected chi connectivity index (χ4v) is 2.62. The van der Waals surface area contributed by atoms with Crippen LogP contribution in [0.25, 0.3) is 0 Å². The quantitative estimate of drug-likeness (QED) is 0.537. The van der Waals surface area contributed by atoms with Gasteiger partial charge in [-0.3, -0.25) is 15.1 Å². The van der Waals surface area contributed by atoms with Crippen LogP contribution in [0.3, 0.4) is 0 Å². The Morgan fingerprint density at radius 3 is 2.64 bits per heavy atom. The minimum absolute atomic E-state index is 0.0661. The van der Waals surface area contributed by atoms with E-state index in [-0.39, 0.29) is 24.3 Å². The molecular formula is C20H26N6O2. The number of anilines is 2. The molecule has 0 aromatic carbocycles. The molecule has 0 unspecified atom stereocenters. The first-order valence-electron chi connectivity index (χ1n) is 9.36. The van der Waals surface area contributed by atoms with Gasteiger partial charge in [0.15, 0.2) is 11.6 Å². The maximum Gasteiger partial charge on any atom is 0.248 e. The highest BCUT2D eigenvalue weighted by molar-refractivity contribution is 6.01. The van der Waals surface area contributed by atoms with Gasteiger partial charge in [0.1, 0.15) is 12.3 Å². The number of carbonyl (C=O) groups is 1. The van der Waals surface area contributed by atoms with Crippen LogP contribution in [-0.4, -0.2) is 40.2 Å². The van der Waals surface area contributed by atoms with Crippen molar-refractivity contribution in [2.24, 2.45) is 11.0 Å². The van der Waals surface area contributed by atoms with E-state index >= 15 is 0 Å². The number of amides is 1. The van der Waals surface area contributed by atoms with Gasteiger partial charge in [-0.1, -0.05) is 19.4 Å². The van der Waals surface area contributed by atoms with Crippen molar-refractivity contribution in [3.8, 4) is 0 Å². The Hall–Kier alpha value is -3.16. The molecule has 2 aromatic rings. The van der Waals surface area contributed by atoms with Gasteiger partial charge in [0.05, 0.1) is 0 Å². The van der Waals surface area contributed by atoms with Crippen LogP contribution in [-0.2, 0) is 4.79 Å². The third kappa shape index (κ3) is 5.18. The number of aromatic nitrogens is 2. The molecule has 148 valence electrons. The number of rotatable bonds is 8. The lowest BCUT2D eigenvalue weighted by Gasteiger charge is -2.18. The molecule has 1 saturated carbocycles. The Kier molecular flexibility index (Phi) is 6.08. The van der Waals surface area contributed by atoms with Crippen molar-refractivity contribution in [1.29, 1.82) is 0 Å². The molecule has 0 atom stereocenters. The van der Waals surface area contributed by atoms with Crippen molar-refractivity contribution >= 4 is 23.5 Å². The molecule has 2 heterocycles. The molecule has 2 N–H and O–H groups in total. The molecule has 1 aliphatic carbocycles. The number of hydrogen-bond acceptors (Lipinski definition) is 7. The third-order valence-corrected chi connectivity index (χ3v) is 4.17. The summed E-state index contributed by atoms with van der Waals surface area (Å²) in [6, 6.07) is 3.64. The van der Waals surface area contributed by atoms with Crippen LogP contribution < -0.4 is 10.6 Å². The van der Waals surface area contributed by atoms with Gasteiger partial charge in [-0.15, -0.1) is 0 Å². The highest BCUT2D eigenvalue weighted by Gasteiger charge is 2.21. The summed E-state index contributed by atoms with van der Waals surface area (Å²) in [5, 5.41) is 12.2. The van der Waals surface area contributed by atoms with Crippen LogP contribution in [0.2, 0.25) is 0 Å². The third-order valence-electron chi connectivity index (χ3n) is 4.17. The minimum Gasteiger partial charge on any atom is -0.439 e. The average Bonchev–Trinajstić information content (AvgIpc) is 3.40. The molecule has 3 rings (SSSR count). The summed E-state index contributed by atoms with van der Waals surface area (Å²) >= 11 is 0. The van der Waals surface area contributed by atoms with Crippen molar-refractivity contribution in [3.63, 3.8) is 0 Å². The monoisotopic (exact) mass is 382 g/mol. The molecule has 0 spiro atoms. The predicted octanol–water partition coefficient (Wildman–Crippen LogP) is 3.40. The van der Waals surface area contributed by atoms with Crippen LogP contribution in [0.4, 0.5) is 11.8 Å². The standard InChI is InChI=1S/C20H26N6O2/c1-13(2)18(19-14(3)10-17(21-4)28-19)25-26(11-15-6-7-15)12-16(27)24-20-22-8-5-9-23-20/h5,8-11,13,21H,6-7,12H2,1-4H3,(H,22,23,24,27)/b25-18-. The molecule has 8 nitrogen and oxygen atoms in total. The summed E-state index contributed by atoms with van der Waals surface area (Å²) in [5.41, 5.74) is 3.06. The van der Waals surface area contributed by atoms with E-state index < -0.39 is 0 Å². The van der Waals surface area contributed by atoms with E-state index in [4.69, 9.17) is 9.52 Å². The fraction of sp³-hybridized carbons (Fsp3) is 0.400. The number of hydrazone groups is 1. The maximum absolute atomic E-state index is 12.5. The van der Waals surface area contributed by atoms with Gasteiger partial charge in [-0.25, -0.2) is 9.97 Å². The van der Waals surface area contributed by atoms with Crippen LogP contribution >= 0.6 is 0 Å². The van der Waals surface area contributed by atoms with Gasteiger partial charge in [0.2, 0.25) is 11.9 Å². The number of nitrogens with one attached hydrogen (secondary N) is 2. The van der Waals surface area contributed by atoms with Crippen LogP contribution in [0.15, 0.2) is 45.8 Å². The first-order chi connectivity index (χ1) is 13.5. The molecule has 1 aliphatic rings. The zero-order valence-corrected chi connectivity index (χ0v) is 16.7. The SMILES string of the molecule is CNc1cc(C)c(/C(=N\N(C=C2CC2)CC(=O)Nc2ncccn2)C(C)C)o1. The van der Waals surface area contributed by atoms with Gasteiger partial charge in [-0.2, -0.15) is 5.10 Å². The molecule has 28 heavy (non-hydrogen) atoms. The molecular weight excluding hydrogens is 356 g/mol. The first kappa shape index (κ1) is 19.6. The molecule has 0 radical (unpaired) electrons. The normalized spacial score (nSPS) is 13.5. The Labute approximate surface area is 164 Å². The minimum atomic E-state index is -0.234. The van der Waals surface area contributed by atoms with Gasteiger partial charge >= 0.3 is 0 Å². The summed E-state index contributed by atoms with van der Waals surface area (Å²) in [5.74, 6) is 1.58. The van der Waals surface area contributed by atoms with Gasteiger partial charge in [-0.05, 0) is 31.4 Å². The smallest absolute Gasteiger partial charge is 0.248 e. The summed E-state index contributed by atoms with van der Waals surface area (Å²) in [6.07, 6.45) is 7.18. The van der Waals surface area contributed by atoms with Crippen molar-refractivity contribution in [3.05, 3.63) is 47.6 Å². The van der Waals surface area contributed by atoms with E-state index in [1.54, 1.807) is 23.5 Å². The second-order valence-electron chi connectivity index (χ2n) is 7.02. The number of nitrogens with zero attached hydrogens (tertiary/aromatic N) is 4. The summed E-state index contributed by atoms with van der Waals surface area (Å²) in [6.45, 7) is 6.16. The Morgan fingerprint density at radius 2 is 2.07 bits per heavy atom. The zero-order chi connectivity index (χ0) is 20.1. The van der Waals surface area contributed by atoms with Gasteiger partial charge in [0.25, 0.3) is 0 Å². The van der Waals surface area contributed by atoms with E-state index in [1.807, 2.05) is 26.2 Å². The van der Waals surface area contributed by atoms with Gasteiger partial charge in [0, 0.05) is 37.6 Å². The number of furan rings is 1. The Morgan fingerprint density at radius 1 is 1.36 bits per heavy atom. The van der Waals surface area contributed by atoms with Crippen LogP contribution in [0, 0.1) is 12.8 Å². The lowest BCUT2D eigenvalue weighted by molar-refractivity contribution is -0.116. The Balaban J connectivity index is 1.83. The number of hydrogen-bond donors (Lipinski definition) is 2. The van der Waals surface area contributed by atoms with Crippen molar-refractivity contribution in [2.45, 2.75) is 33.6 Å². The second kappa shape index (κ2) is 8.69. The molecule has 0 bridgehead atoms. The lowest BCUT2D eigenvalue weighted by atomic mass is 10.0. The Bertz CT molecular complexity index is 879. The van der Waals surface area contributed by atoms with E-state index in [2.05, 4.69) is 34.4 Å². The second-order valence-corrected chi connectivity index (χ2v) is 7.02. The zero-order valence-electron chi connectivity index (χ0n) is 16.7. The molecule has 2 aromatic heterocycles. The van der Waals surface area contributed by atoms with E-state index in [0.717, 1.165) is 29.9 Å². The van der Waals surface area contributed by atoms with Crippen molar-refractivity contribution in [1.82, 2.24) is 15.0 Å². The lowest BCUT2D eigenvalue weighted by Crippen LogP contribution is -2.28. The topological polar surface area (TPSA) is 95.7 Å². The number of aryl methyl sites for hydroxylation is 1. The molecule has 0 saturated heterocycles. The predicted molar refractivity (Wildman–Crippen MR) is 109 cm³/mol.